The van der Waals surface area contributed by atoms with Gasteiger partial charge in [-0.3, -0.25) is 4.79 Å². The Morgan fingerprint density at radius 1 is 1.38 bits per heavy atom. The van der Waals surface area contributed by atoms with Gasteiger partial charge in [0.05, 0.1) is 0 Å². The van der Waals surface area contributed by atoms with Crippen molar-refractivity contribution in [3.63, 3.8) is 0 Å². The van der Waals surface area contributed by atoms with Crippen molar-refractivity contribution in [2.75, 3.05) is 12.4 Å². The first-order chi connectivity index (χ1) is 10.0. The van der Waals surface area contributed by atoms with Crippen molar-refractivity contribution < 1.29 is 9.53 Å². The first-order valence-corrected chi connectivity index (χ1v) is 8.15. The third-order valence-corrected chi connectivity index (χ3v) is 4.48. The number of thioether (sulfide) groups is 1. The molecule has 0 aromatic carbocycles. The minimum absolute atomic E-state index is 0.102. The molecule has 0 aliphatic carbocycles. The lowest BCUT2D eigenvalue weighted by molar-refractivity contribution is 0.0543. The summed E-state index contributed by atoms with van der Waals surface area (Å²) in [5.41, 5.74) is 1.45. The molecule has 0 amide bonds. The zero-order chi connectivity index (χ0) is 15.8. The normalized spacial score (nSPS) is 10.4. The van der Waals surface area contributed by atoms with Gasteiger partial charge in [0.15, 0.2) is 0 Å². The zero-order valence-electron chi connectivity index (χ0n) is 13.0. The van der Waals surface area contributed by atoms with Gasteiger partial charge in [0, 0.05) is 10.6 Å². The number of carbonyl (C=O) groups is 1. The van der Waals surface area contributed by atoms with E-state index in [1.54, 1.807) is 11.8 Å². The summed E-state index contributed by atoms with van der Waals surface area (Å²) in [6.07, 6.45) is 4.83. The number of hydrogen-bond donors (Lipinski definition) is 1. The molecule has 0 bridgehead atoms. The molecule has 1 heterocycles. The van der Waals surface area contributed by atoms with Crippen LogP contribution in [0.2, 0.25) is 0 Å². The van der Waals surface area contributed by atoms with Gasteiger partial charge in [-0.05, 0) is 31.6 Å². The van der Waals surface area contributed by atoms with Crippen molar-refractivity contribution in [1.29, 1.82) is 0 Å². The summed E-state index contributed by atoms with van der Waals surface area (Å²) in [5.74, 6) is 0.302. The maximum Gasteiger partial charge on any atom is 0.345 e. The molecular weight excluding hydrogens is 286 g/mol. The molecule has 4 nitrogen and oxygen atoms in total. The topological polar surface area (TPSA) is 59.2 Å². The Morgan fingerprint density at radius 3 is 2.71 bits per heavy atom. The quantitative estimate of drug-likeness (QED) is 0.345. The summed E-state index contributed by atoms with van der Waals surface area (Å²) in [7, 11) is 0. The number of unbranched alkanes of at least 4 members (excludes halogenated alkanes) is 2. The lowest BCUT2D eigenvalue weighted by Gasteiger charge is -2.12. The van der Waals surface area contributed by atoms with Gasteiger partial charge in [-0.25, -0.2) is 4.79 Å². The lowest BCUT2D eigenvalue weighted by atomic mass is 10.1. The van der Waals surface area contributed by atoms with Crippen molar-refractivity contribution >= 4 is 17.7 Å². The number of carbonyl (C=O) groups excluding carboxylic acids is 1. The standard InChI is InChI=1S/C16H23NO3S/c1-5-7-8-10-21-14-11(3)12(4)17-15(18)13(14)16(19)20-9-6-2/h6H,2,5,7-10H2,1,3-4H3,(H,17,18). The van der Waals surface area contributed by atoms with Crippen LogP contribution in [0.4, 0.5) is 0 Å². The molecule has 116 valence electrons. The Morgan fingerprint density at radius 2 is 2.10 bits per heavy atom. The van der Waals surface area contributed by atoms with Crippen LogP contribution in [0.5, 0.6) is 0 Å². The third kappa shape index (κ3) is 4.77. The van der Waals surface area contributed by atoms with Gasteiger partial charge in [-0.1, -0.05) is 32.4 Å². The molecule has 21 heavy (non-hydrogen) atoms. The molecule has 0 unspecified atom stereocenters. The second-order valence-corrected chi connectivity index (χ2v) is 5.96. The number of pyridine rings is 1. The predicted molar refractivity (Wildman–Crippen MR) is 87.3 cm³/mol. The van der Waals surface area contributed by atoms with Crippen LogP contribution in [0.1, 0.15) is 47.8 Å². The number of nitrogens with one attached hydrogen (secondary N) is 1. The first kappa shape index (κ1) is 17.6. The smallest absolute Gasteiger partial charge is 0.345 e. The molecule has 1 aromatic heterocycles. The average molecular weight is 309 g/mol. The molecule has 1 N–H and O–H groups in total. The number of aromatic nitrogens is 1. The number of aryl methyl sites for hydroxylation is 1. The summed E-state index contributed by atoms with van der Waals surface area (Å²) >= 11 is 1.56. The van der Waals surface area contributed by atoms with Crippen molar-refractivity contribution in [2.45, 2.75) is 44.9 Å². The van der Waals surface area contributed by atoms with E-state index in [1.165, 1.54) is 6.08 Å². The number of rotatable bonds is 8. The lowest BCUT2D eigenvalue weighted by Crippen LogP contribution is -2.23. The van der Waals surface area contributed by atoms with E-state index < -0.39 is 5.97 Å². The summed E-state index contributed by atoms with van der Waals surface area (Å²) in [6.45, 7) is 9.50. The highest BCUT2D eigenvalue weighted by atomic mass is 32.2. The van der Waals surface area contributed by atoms with Crippen LogP contribution in [-0.4, -0.2) is 23.3 Å². The molecule has 0 radical (unpaired) electrons. The Kier molecular flexibility index (Phi) is 7.29. The fourth-order valence-corrected chi connectivity index (χ4v) is 3.13. The highest BCUT2D eigenvalue weighted by Crippen LogP contribution is 2.27. The van der Waals surface area contributed by atoms with Crippen LogP contribution in [0.25, 0.3) is 0 Å². The van der Waals surface area contributed by atoms with Crippen molar-refractivity contribution in [3.05, 3.63) is 39.8 Å². The molecule has 1 rings (SSSR count). The van der Waals surface area contributed by atoms with Gasteiger partial charge in [0.1, 0.15) is 12.2 Å². The number of esters is 1. The van der Waals surface area contributed by atoms with Crippen molar-refractivity contribution in [2.24, 2.45) is 0 Å². The van der Waals surface area contributed by atoms with Gasteiger partial charge >= 0.3 is 5.97 Å². The van der Waals surface area contributed by atoms with Crippen LogP contribution in [0.3, 0.4) is 0 Å². The largest absolute Gasteiger partial charge is 0.458 e. The molecule has 1 aromatic rings. The average Bonchev–Trinajstić information content (AvgIpc) is 2.45. The zero-order valence-corrected chi connectivity index (χ0v) is 13.8. The van der Waals surface area contributed by atoms with E-state index in [0.29, 0.717) is 0 Å². The first-order valence-electron chi connectivity index (χ1n) is 7.17. The number of ether oxygens (including phenoxy) is 1. The van der Waals surface area contributed by atoms with Gasteiger partial charge in [0.25, 0.3) is 5.56 Å². The fourth-order valence-electron chi connectivity index (χ4n) is 1.89. The summed E-state index contributed by atoms with van der Waals surface area (Å²) in [6, 6.07) is 0. The third-order valence-electron chi connectivity index (χ3n) is 3.19. The van der Waals surface area contributed by atoms with E-state index in [-0.39, 0.29) is 17.7 Å². The van der Waals surface area contributed by atoms with E-state index in [1.807, 2.05) is 13.8 Å². The van der Waals surface area contributed by atoms with E-state index in [0.717, 1.165) is 41.2 Å². The Hall–Kier alpha value is -1.49. The van der Waals surface area contributed by atoms with E-state index in [4.69, 9.17) is 4.74 Å². The van der Waals surface area contributed by atoms with E-state index >= 15 is 0 Å². The molecule has 0 fully saturated rings. The van der Waals surface area contributed by atoms with Gasteiger partial charge in [-0.2, -0.15) is 0 Å². The molecule has 0 aliphatic rings. The maximum absolute atomic E-state index is 12.1. The molecule has 0 aliphatic heterocycles. The predicted octanol–water partition coefficient (Wildman–Crippen LogP) is 3.62. The molecular formula is C16H23NO3S. The monoisotopic (exact) mass is 309 g/mol. The summed E-state index contributed by atoms with van der Waals surface area (Å²) in [4.78, 5) is 27.7. The number of hydrogen-bond acceptors (Lipinski definition) is 4. The second kappa shape index (κ2) is 8.72. The highest BCUT2D eigenvalue weighted by molar-refractivity contribution is 7.99. The van der Waals surface area contributed by atoms with Crippen LogP contribution in [0, 0.1) is 13.8 Å². The van der Waals surface area contributed by atoms with Crippen LogP contribution >= 0.6 is 11.8 Å². The Labute approximate surface area is 130 Å². The SMILES string of the molecule is C=CCOC(=O)c1c(SCCCCC)c(C)c(C)[nH]c1=O. The Bertz CT molecular complexity index is 563. The fraction of sp³-hybridized carbons (Fsp3) is 0.500. The van der Waals surface area contributed by atoms with Gasteiger partial charge < -0.3 is 9.72 Å². The summed E-state index contributed by atoms with van der Waals surface area (Å²) < 4.78 is 5.03. The van der Waals surface area contributed by atoms with Crippen LogP contribution in [0.15, 0.2) is 22.3 Å². The van der Waals surface area contributed by atoms with Crippen LogP contribution in [-0.2, 0) is 4.74 Å². The van der Waals surface area contributed by atoms with E-state index in [9.17, 15) is 9.59 Å². The number of aromatic amines is 1. The van der Waals surface area contributed by atoms with E-state index in [2.05, 4.69) is 18.5 Å². The molecule has 0 atom stereocenters. The molecule has 0 spiro atoms. The molecule has 5 heteroatoms. The number of H-pyrrole nitrogens is 1. The van der Waals surface area contributed by atoms with Crippen molar-refractivity contribution in [3.8, 4) is 0 Å². The van der Waals surface area contributed by atoms with Gasteiger partial charge in [0.2, 0.25) is 0 Å². The second-order valence-electron chi connectivity index (χ2n) is 4.85. The van der Waals surface area contributed by atoms with Crippen molar-refractivity contribution in [1.82, 2.24) is 4.98 Å². The van der Waals surface area contributed by atoms with Gasteiger partial charge in [-0.15, -0.1) is 11.8 Å². The Balaban J connectivity index is 3.08. The van der Waals surface area contributed by atoms with Crippen LogP contribution < -0.4 is 5.56 Å². The highest BCUT2D eigenvalue weighted by Gasteiger charge is 2.21. The molecule has 0 saturated heterocycles. The maximum atomic E-state index is 12.1. The minimum atomic E-state index is -0.586. The molecule has 0 saturated carbocycles. The summed E-state index contributed by atoms with van der Waals surface area (Å²) in [5, 5.41) is 0. The minimum Gasteiger partial charge on any atom is -0.458 e.